The lowest BCUT2D eigenvalue weighted by atomic mass is 10.00. The van der Waals surface area contributed by atoms with Crippen molar-refractivity contribution in [1.29, 1.82) is 0 Å². The molecule has 1 atom stereocenters. The number of allylic oxidation sites excluding steroid dienone is 1. The molecule has 1 rings (SSSR count). The largest absolute Gasteiger partial charge is 0.486 e. The highest BCUT2D eigenvalue weighted by atomic mass is 16.6. The van der Waals surface area contributed by atoms with Gasteiger partial charge in [-0.3, -0.25) is 0 Å². The van der Waals surface area contributed by atoms with E-state index in [0.717, 1.165) is 12.5 Å². The lowest BCUT2D eigenvalue weighted by molar-refractivity contribution is 0.496. The van der Waals surface area contributed by atoms with Crippen molar-refractivity contribution in [3.63, 3.8) is 0 Å². The Morgan fingerprint density at radius 3 is 2.70 bits per heavy atom. The molecule has 10 heavy (non-hydrogen) atoms. The fourth-order valence-electron chi connectivity index (χ4n) is 1.06. The molecule has 0 aromatic heterocycles. The molecule has 1 saturated heterocycles. The molecule has 1 nitrogen and oxygen atoms in total. The van der Waals surface area contributed by atoms with Gasteiger partial charge in [-0.25, -0.2) is 0 Å². The summed E-state index contributed by atoms with van der Waals surface area (Å²) in [4.78, 5) is 0. The third-order valence-corrected chi connectivity index (χ3v) is 2.12. The van der Waals surface area contributed by atoms with Gasteiger partial charge in [0.15, 0.2) is 0 Å². The summed E-state index contributed by atoms with van der Waals surface area (Å²) in [6.07, 6.45) is 2.48. The molecular formula is C9H16O. The first-order valence-electron chi connectivity index (χ1n) is 4.05. The molecule has 0 aromatic carbocycles. The minimum atomic E-state index is 0.816. The van der Waals surface area contributed by atoms with Gasteiger partial charge in [-0.2, -0.15) is 0 Å². The quantitative estimate of drug-likeness (QED) is 0.549. The number of rotatable bonds is 3. The summed E-state index contributed by atoms with van der Waals surface area (Å²) >= 11 is 0. The Kier molecular flexibility index (Phi) is 2.36. The van der Waals surface area contributed by atoms with Crippen molar-refractivity contribution in [3.8, 4) is 0 Å². The van der Waals surface area contributed by atoms with Crippen LogP contribution in [0.5, 0.6) is 0 Å². The van der Waals surface area contributed by atoms with Gasteiger partial charge < -0.3 is 4.74 Å². The standard InChI is InChI=1S/C9H16O/c1-4-7(2)5-8(3)9-6-10-9/h7H,4-6H2,1-3H3. The van der Waals surface area contributed by atoms with E-state index in [0.29, 0.717) is 0 Å². The first-order chi connectivity index (χ1) is 4.74. The van der Waals surface area contributed by atoms with E-state index in [1.807, 2.05) is 0 Å². The third kappa shape index (κ3) is 2.05. The summed E-state index contributed by atoms with van der Waals surface area (Å²) in [7, 11) is 0. The summed E-state index contributed by atoms with van der Waals surface area (Å²) < 4.78 is 5.10. The first-order valence-corrected chi connectivity index (χ1v) is 4.05. The zero-order valence-corrected chi connectivity index (χ0v) is 7.11. The Morgan fingerprint density at radius 1 is 1.70 bits per heavy atom. The van der Waals surface area contributed by atoms with E-state index in [4.69, 9.17) is 4.74 Å². The maximum Gasteiger partial charge on any atom is 0.145 e. The maximum atomic E-state index is 5.10. The highest BCUT2D eigenvalue weighted by Gasteiger charge is 2.17. The van der Waals surface area contributed by atoms with E-state index in [2.05, 4.69) is 20.8 Å². The van der Waals surface area contributed by atoms with Gasteiger partial charge in [0.2, 0.25) is 0 Å². The summed E-state index contributed by atoms with van der Waals surface area (Å²) in [5.74, 6) is 2.05. The van der Waals surface area contributed by atoms with E-state index in [1.165, 1.54) is 24.2 Å². The van der Waals surface area contributed by atoms with Crippen LogP contribution in [0.15, 0.2) is 11.3 Å². The normalized spacial score (nSPS) is 23.5. The zero-order valence-electron chi connectivity index (χ0n) is 7.11. The summed E-state index contributed by atoms with van der Waals surface area (Å²) in [6.45, 7) is 7.58. The third-order valence-electron chi connectivity index (χ3n) is 2.12. The number of hydrogen-bond donors (Lipinski definition) is 0. The van der Waals surface area contributed by atoms with E-state index < -0.39 is 0 Å². The van der Waals surface area contributed by atoms with Crippen LogP contribution in [0, 0.1) is 5.92 Å². The number of epoxide rings is 1. The molecule has 1 heteroatoms. The molecule has 1 aliphatic heterocycles. The Balaban J connectivity index is 2.30. The van der Waals surface area contributed by atoms with Crippen LogP contribution in [0.3, 0.4) is 0 Å². The number of ether oxygens (including phenoxy) is 1. The molecule has 0 aromatic rings. The van der Waals surface area contributed by atoms with E-state index in [9.17, 15) is 0 Å². The molecule has 0 bridgehead atoms. The van der Waals surface area contributed by atoms with Gasteiger partial charge >= 0.3 is 0 Å². The lowest BCUT2D eigenvalue weighted by Gasteiger charge is -2.05. The smallest absolute Gasteiger partial charge is 0.145 e. The second-order valence-corrected chi connectivity index (χ2v) is 3.21. The summed E-state index contributed by atoms with van der Waals surface area (Å²) in [5.41, 5.74) is 1.45. The monoisotopic (exact) mass is 140 g/mol. The van der Waals surface area contributed by atoms with Crippen molar-refractivity contribution in [1.82, 2.24) is 0 Å². The molecule has 1 aliphatic rings. The van der Waals surface area contributed by atoms with Crippen LogP contribution in [0.2, 0.25) is 0 Å². The Labute approximate surface area is 63.1 Å². The average molecular weight is 140 g/mol. The van der Waals surface area contributed by atoms with Gasteiger partial charge in [-0.05, 0) is 24.8 Å². The molecule has 0 spiro atoms. The van der Waals surface area contributed by atoms with E-state index in [-0.39, 0.29) is 0 Å². The van der Waals surface area contributed by atoms with Gasteiger partial charge in [-0.1, -0.05) is 20.3 Å². The molecule has 0 aliphatic carbocycles. The highest BCUT2D eigenvalue weighted by Crippen LogP contribution is 2.25. The van der Waals surface area contributed by atoms with E-state index >= 15 is 0 Å². The van der Waals surface area contributed by atoms with Gasteiger partial charge in [0.05, 0.1) is 0 Å². The SMILES string of the molecule is CCC(C)CC(C)=C1CO1. The molecule has 0 amide bonds. The molecule has 1 unspecified atom stereocenters. The second-order valence-electron chi connectivity index (χ2n) is 3.21. The van der Waals surface area contributed by atoms with Gasteiger partial charge in [0, 0.05) is 0 Å². The fourth-order valence-corrected chi connectivity index (χ4v) is 1.06. The van der Waals surface area contributed by atoms with Crippen LogP contribution >= 0.6 is 0 Å². The van der Waals surface area contributed by atoms with Crippen LogP contribution < -0.4 is 0 Å². The molecule has 0 saturated carbocycles. The van der Waals surface area contributed by atoms with Crippen molar-refractivity contribution in [2.45, 2.75) is 33.6 Å². The predicted molar refractivity (Wildman–Crippen MR) is 42.7 cm³/mol. The fraction of sp³-hybridized carbons (Fsp3) is 0.778. The topological polar surface area (TPSA) is 12.5 Å². The molecule has 1 heterocycles. The number of hydrogen-bond acceptors (Lipinski definition) is 1. The van der Waals surface area contributed by atoms with Crippen LogP contribution in [-0.4, -0.2) is 6.61 Å². The van der Waals surface area contributed by atoms with Gasteiger partial charge in [0.1, 0.15) is 12.4 Å². The maximum absolute atomic E-state index is 5.10. The van der Waals surface area contributed by atoms with Crippen molar-refractivity contribution in [2.75, 3.05) is 6.61 Å². The van der Waals surface area contributed by atoms with Crippen LogP contribution in [0.4, 0.5) is 0 Å². The van der Waals surface area contributed by atoms with E-state index in [1.54, 1.807) is 0 Å². The second kappa shape index (κ2) is 3.09. The lowest BCUT2D eigenvalue weighted by Crippen LogP contribution is -1.92. The first kappa shape index (κ1) is 7.64. The average Bonchev–Trinajstić information content (AvgIpc) is 2.68. The molecule has 0 radical (unpaired) electrons. The minimum Gasteiger partial charge on any atom is -0.486 e. The Bertz CT molecular complexity index is 141. The molecule has 1 fully saturated rings. The predicted octanol–water partition coefficient (Wildman–Crippen LogP) is 2.73. The Morgan fingerprint density at radius 2 is 2.30 bits per heavy atom. The van der Waals surface area contributed by atoms with Crippen LogP contribution in [0.1, 0.15) is 33.6 Å². The highest BCUT2D eigenvalue weighted by molar-refractivity contribution is 5.14. The van der Waals surface area contributed by atoms with Crippen molar-refractivity contribution < 1.29 is 4.74 Å². The van der Waals surface area contributed by atoms with Crippen molar-refractivity contribution in [2.24, 2.45) is 5.92 Å². The zero-order chi connectivity index (χ0) is 7.56. The summed E-state index contributed by atoms with van der Waals surface area (Å²) in [6, 6.07) is 0. The molecule has 0 N–H and O–H groups in total. The van der Waals surface area contributed by atoms with Gasteiger partial charge in [0.25, 0.3) is 0 Å². The minimum absolute atomic E-state index is 0.816. The molecular weight excluding hydrogens is 124 g/mol. The van der Waals surface area contributed by atoms with Gasteiger partial charge in [-0.15, -0.1) is 0 Å². The van der Waals surface area contributed by atoms with Crippen LogP contribution in [-0.2, 0) is 4.74 Å². The van der Waals surface area contributed by atoms with Crippen molar-refractivity contribution in [3.05, 3.63) is 11.3 Å². The summed E-state index contributed by atoms with van der Waals surface area (Å²) in [5, 5.41) is 0. The van der Waals surface area contributed by atoms with Crippen molar-refractivity contribution >= 4 is 0 Å². The molecule has 58 valence electrons. The Hall–Kier alpha value is -0.460. The van der Waals surface area contributed by atoms with Crippen LogP contribution in [0.25, 0.3) is 0 Å².